The van der Waals surface area contributed by atoms with E-state index in [0.717, 1.165) is 18.4 Å². The average Bonchev–Trinajstić information content (AvgIpc) is 3.08. The maximum Gasteiger partial charge on any atom is 0.326 e. The minimum Gasteiger partial charge on any atom is -0.484 e. The highest BCUT2D eigenvalue weighted by molar-refractivity contribution is 5.84. The number of primary amides is 1. The third-order valence-electron chi connectivity index (χ3n) is 4.58. The van der Waals surface area contributed by atoms with Gasteiger partial charge in [0.25, 0.3) is 5.91 Å². The number of rotatable bonds is 11. The smallest absolute Gasteiger partial charge is 0.326 e. The molecule has 3 amide bonds. The van der Waals surface area contributed by atoms with Gasteiger partial charge in [0, 0.05) is 19.1 Å². The van der Waals surface area contributed by atoms with Gasteiger partial charge in [-0.2, -0.15) is 0 Å². The van der Waals surface area contributed by atoms with Gasteiger partial charge in [-0.15, -0.1) is 0 Å². The van der Waals surface area contributed by atoms with E-state index < -0.39 is 23.9 Å². The van der Waals surface area contributed by atoms with E-state index in [9.17, 15) is 24.6 Å². The minimum atomic E-state index is -1.16. The van der Waals surface area contributed by atoms with E-state index in [0.29, 0.717) is 18.7 Å². The Morgan fingerprint density at radius 1 is 1.28 bits per heavy atom. The summed E-state index contributed by atoms with van der Waals surface area (Å²) < 4.78 is 5.41. The highest BCUT2D eigenvalue weighted by atomic mass is 16.5. The fourth-order valence-electron chi connectivity index (χ4n) is 3.12. The molecule has 29 heavy (non-hydrogen) atoms. The number of benzene rings is 1. The summed E-state index contributed by atoms with van der Waals surface area (Å²) in [6, 6.07) is 5.77. The first kappa shape index (κ1) is 22.4. The van der Waals surface area contributed by atoms with E-state index in [1.807, 2.05) is 12.1 Å². The van der Waals surface area contributed by atoms with Crippen molar-refractivity contribution in [2.24, 2.45) is 5.73 Å². The maximum atomic E-state index is 12.0. The predicted octanol–water partition coefficient (Wildman–Crippen LogP) is -0.651. The van der Waals surface area contributed by atoms with E-state index in [-0.39, 0.29) is 31.7 Å². The van der Waals surface area contributed by atoms with Gasteiger partial charge in [0.1, 0.15) is 11.8 Å². The number of aliphatic hydroxyl groups is 1. The van der Waals surface area contributed by atoms with Crippen molar-refractivity contribution < 1.29 is 29.3 Å². The van der Waals surface area contributed by atoms with Gasteiger partial charge < -0.3 is 36.6 Å². The van der Waals surface area contributed by atoms with Crippen LogP contribution >= 0.6 is 0 Å². The number of amides is 3. The summed E-state index contributed by atoms with van der Waals surface area (Å²) in [5.74, 6) is -1.21. The second kappa shape index (κ2) is 11.2. The number of nitrogens with two attached hydrogens (primary N) is 1. The van der Waals surface area contributed by atoms with Crippen molar-refractivity contribution in [1.82, 2.24) is 16.0 Å². The van der Waals surface area contributed by atoms with Crippen molar-refractivity contribution in [3.8, 4) is 5.75 Å². The molecule has 1 heterocycles. The van der Waals surface area contributed by atoms with Crippen molar-refractivity contribution in [2.75, 3.05) is 19.7 Å². The van der Waals surface area contributed by atoms with Crippen LogP contribution in [-0.2, 0) is 16.0 Å². The third kappa shape index (κ3) is 8.36. The Bertz CT molecular complexity index is 696. The number of aliphatic hydroxyl groups excluding tert-OH is 1. The normalized spacial score (nSPS) is 19.3. The van der Waals surface area contributed by atoms with Crippen LogP contribution in [-0.4, -0.2) is 66.0 Å². The van der Waals surface area contributed by atoms with Crippen LogP contribution in [0.3, 0.4) is 0 Å². The number of ether oxygens (including phenoxy) is 1. The molecule has 1 aromatic carbocycles. The van der Waals surface area contributed by atoms with Crippen molar-refractivity contribution in [1.29, 1.82) is 0 Å². The van der Waals surface area contributed by atoms with E-state index in [2.05, 4.69) is 16.0 Å². The Morgan fingerprint density at radius 2 is 2.00 bits per heavy atom. The summed E-state index contributed by atoms with van der Waals surface area (Å²) in [5, 5.41) is 26.7. The fourth-order valence-corrected chi connectivity index (χ4v) is 3.12. The topological polar surface area (TPSA) is 163 Å². The summed E-state index contributed by atoms with van der Waals surface area (Å²) in [7, 11) is 0. The molecule has 0 bridgehead atoms. The number of carbonyl (C=O) groups is 3. The lowest BCUT2D eigenvalue weighted by molar-refractivity contribution is -0.142. The van der Waals surface area contributed by atoms with Crippen molar-refractivity contribution in [3.63, 3.8) is 0 Å². The lowest BCUT2D eigenvalue weighted by Gasteiger charge is -2.15. The summed E-state index contributed by atoms with van der Waals surface area (Å²) in [4.78, 5) is 33.8. The zero-order valence-electron chi connectivity index (χ0n) is 16.1. The molecule has 1 aliphatic rings. The van der Waals surface area contributed by atoms with Crippen molar-refractivity contribution in [3.05, 3.63) is 29.8 Å². The molecule has 0 aromatic heterocycles. The van der Waals surface area contributed by atoms with Crippen LogP contribution in [0.25, 0.3) is 0 Å². The number of urea groups is 1. The monoisotopic (exact) mass is 408 g/mol. The van der Waals surface area contributed by atoms with Gasteiger partial charge in [0.05, 0.1) is 6.10 Å². The highest BCUT2D eigenvalue weighted by Crippen LogP contribution is 2.16. The second-order valence-corrected chi connectivity index (χ2v) is 7.02. The molecule has 10 nitrogen and oxygen atoms in total. The van der Waals surface area contributed by atoms with Gasteiger partial charge >= 0.3 is 12.0 Å². The predicted molar refractivity (Wildman–Crippen MR) is 104 cm³/mol. The van der Waals surface area contributed by atoms with Crippen LogP contribution in [0.1, 0.15) is 24.8 Å². The summed E-state index contributed by atoms with van der Waals surface area (Å²) in [6.45, 7) is 0.534. The van der Waals surface area contributed by atoms with Crippen LogP contribution in [0.2, 0.25) is 0 Å². The summed E-state index contributed by atoms with van der Waals surface area (Å²) in [5.41, 5.74) is 6.02. The Kier molecular flexibility index (Phi) is 8.68. The van der Waals surface area contributed by atoms with Gasteiger partial charge in [-0.25, -0.2) is 9.59 Å². The molecule has 1 aromatic rings. The molecule has 10 heteroatoms. The zero-order chi connectivity index (χ0) is 21.2. The third-order valence-corrected chi connectivity index (χ3v) is 4.58. The molecule has 160 valence electrons. The first-order chi connectivity index (χ1) is 13.8. The van der Waals surface area contributed by atoms with Crippen LogP contribution in [0, 0.1) is 0 Å². The number of aliphatic carboxylic acids is 1. The molecular weight excluding hydrogens is 380 g/mol. The van der Waals surface area contributed by atoms with Gasteiger partial charge in [-0.1, -0.05) is 12.1 Å². The number of hydrogen-bond donors (Lipinski definition) is 6. The number of β-amino-alcohol motifs (C(OH)–C–C–N with tert-alkyl or cyclic N) is 1. The lowest BCUT2D eigenvalue weighted by atomic mass is 10.0. The zero-order valence-corrected chi connectivity index (χ0v) is 16.1. The number of hydrogen-bond acceptors (Lipinski definition) is 6. The summed E-state index contributed by atoms with van der Waals surface area (Å²) in [6.07, 6.45) is 1.73. The Labute approximate surface area is 168 Å². The Hall–Kier alpha value is -2.85. The number of carboxylic acids is 1. The second-order valence-electron chi connectivity index (χ2n) is 7.02. The molecule has 7 N–H and O–H groups in total. The molecule has 2 rings (SSSR count). The van der Waals surface area contributed by atoms with E-state index in [1.165, 1.54) is 0 Å². The highest BCUT2D eigenvalue weighted by Gasteiger charge is 2.22. The average molecular weight is 408 g/mol. The summed E-state index contributed by atoms with van der Waals surface area (Å²) >= 11 is 0. The van der Waals surface area contributed by atoms with Crippen molar-refractivity contribution >= 4 is 17.9 Å². The van der Waals surface area contributed by atoms with E-state index in [1.54, 1.807) is 12.1 Å². The fraction of sp³-hybridized carbons (Fsp3) is 0.526. The molecule has 1 saturated heterocycles. The minimum absolute atomic E-state index is 0.153. The van der Waals surface area contributed by atoms with Crippen molar-refractivity contribution in [2.45, 2.75) is 43.9 Å². The van der Waals surface area contributed by atoms with Crippen LogP contribution in [0.4, 0.5) is 4.79 Å². The molecule has 0 saturated carbocycles. The SMILES string of the molecule is NC(=O)NCCC[C@@H](NC(=O)COc1ccc(C[C@@H]2C[C@@H](O)CN2)cc1)C(=O)O. The molecular formula is C19H28N4O6. The van der Waals surface area contributed by atoms with Gasteiger partial charge in [0.2, 0.25) is 0 Å². The Balaban J connectivity index is 1.72. The molecule has 1 aliphatic heterocycles. The molecule has 1 fully saturated rings. The standard InChI is InChI=1S/C19H28N4O6/c20-19(28)21-7-1-2-16(18(26)27)23-17(25)11-29-15-5-3-12(4-6-15)8-13-9-14(24)10-22-13/h3-6,13-14,16,22,24H,1-2,7-11H2,(H,23,25)(H,26,27)(H3,20,21,28)/t13-,14-,16-/m1/s1. The molecule has 0 unspecified atom stereocenters. The van der Waals surface area contributed by atoms with E-state index in [4.69, 9.17) is 10.5 Å². The molecule has 0 spiro atoms. The number of carbonyl (C=O) groups excluding carboxylic acids is 2. The van der Waals surface area contributed by atoms with Crippen LogP contribution in [0.5, 0.6) is 5.75 Å². The van der Waals surface area contributed by atoms with Gasteiger partial charge in [-0.05, 0) is 43.4 Å². The maximum absolute atomic E-state index is 12.0. The molecule has 0 radical (unpaired) electrons. The lowest BCUT2D eigenvalue weighted by Crippen LogP contribution is -2.43. The van der Waals surface area contributed by atoms with Crippen LogP contribution < -0.4 is 26.4 Å². The Morgan fingerprint density at radius 3 is 2.59 bits per heavy atom. The number of carboxylic acid groups (broad SMARTS) is 1. The van der Waals surface area contributed by atoms with Crippen LogP contribution in [0.15, 0.2) is 24.3 Å². The van der Waals surface area contributed by atoms with Gasteiger partial charge in [-0.3, -0.25) is 4.79 Å². The molecule has 3 atom stereocenters. The first-order valence-corrected chi connectivity index (χ1v) is 9.52. The van der Waals surface area contributed by atoms with Gasteiger partial charge in [0.15, 0.2) is 6.61 Å². The largest absolute Gasteiger partial charge is 0.484 e. The van der Waals surface area contributed by atoms with E-state index >= 15 is 0 Å². The first-order valence-electron chi connectivity index (χ1n) is 9.52. The molecule has 0 aliphatic carbocycles. The quantitative estimate of drug-likeness (QED) is 0.265. The number of nitrogens with one attached hydrogen (secondary N) is 3.